The van der Waals surface area contributed by atoms with Crippen LogP contribution < -0.4 is 5.32 Å². The average Bonchev–Trinajstić information content (AvgIpc) is 2.47. The Balaban J connectivity index is 1.81. The molecular formula is C16H13ClN2OS. The van der Waals surface area contributed by atoms with E-state index in [-0.39, 0.29) is 5.91 Å². The van der Waals surface area contributed by atoms with Gasteiger partial charge in [0.1, 0.15) is 0 Å². The molecular weight excluding hydrogens is 304 g/mol. The van der Waals surface area contributed by atoms with Crippen molar-refractivity contribution in [2.75, 3.05) is 11.1 Å². The first-order valence-corrected chi connectivity index (χ1v) is 7.72. The zero-order valence-electron chi connectivity index (χ0n) is 11.2. The van der Waals surface area contributed by atoms with E-state index in [1.54, 1.807) is 36.0 Å². The van der Waals surface area contributed by atoms with E-state index in [0.29, 0.717) is 28.4 Å². The maximum atomic E-state index is 11.8. The van der Waals surface area contributed by atoms with Gasteiger partial charge in [-0.1, -0.05) is 23.7 Å². The molecule has 3 nitrogen and oxygen atoms in total. The first-order chi connectivity index (χ1) is 10.2. The number of hydrogen-bond acceptors (Lipinski definition) is 3. The van der Waals surface area contributed by atoms with E-state index in [4.69, 9.17) is 16.9 Å². The molecule has 0 aliphatic carbocycles. The summed E-state index contributed by atoms with van der Waals surface area (Å²) in [5.41, 5.74) is 1.17. The SMILES string of the molecule is N#Cc1cccc(NC(=O)CCSc2cccc(Cl)c2)c1. The fourth-order valence-electron chi connectivity index (χ4n) is 1.71. The van der Waals surface area contributed by atoms with Gasteiger partial charge in [-0.2, -0.15) is 5.26 Å². The van der Waals surface area contributed by atoms with Crippen LogP contribution in [0.4, 0.5) is 5.69 Å². The molecule has 0 unspecified atom stereocenters. The molecule has 0 aromatic heterocycles. The van der Waals surface area contributed by atoms with Gasteiger partial charge < -0.3 is 5.32 Å². The summed E-state index contributed by atoms with van der Waals surface area (Å²) >= 11 is 7.49. The van der Waals surface area contributed by atoms with Crippen molar-refractivity contribution >= 4 is 35.0 Å². The zero-order chi connectivity index (χ0) is 15.1. The summed E-state index contributed by atoms with van der Waals surface area (Å²) in [4.78, 5) is 12.9. The third-order valence-corrected chi connectivity index (χ3v) is 3.90. The molecule has 0 heterocycles. The minimum absolute atomic E-state index is 0.0698. The van der Waals surface area contributed by atoms with Gasteiger partial charge in [0.05, 0.1) is 11.6 Å². The Labute approximate surface area is 132 Å². The Bertz CT molecular complexity index is 682. The van der Waals surface area contributed by atoms with Gasteiger partial charge in [0.15, 0.2) is 0 Å². The molecule has 0 aliphatic heterocycles. The number of nitrogens with zero attached hydrogens (tertiary/aromatic N) is 1. The molecule has 0 aliphatic rings. The van der Waals surface area contributed by atoms with Crippen molar-refractivity contribution in [1.29, 1.82) is 5.26 Å². The van der Waals surface area contributed by atoms with Crippen molar-refractivity contribution in [2.45, 2.75) is 11.3 Å². The lowest BCUT2D eigenvalue weighted by Crippen LogP contribution is -2.12. The summed E-state index contributed by atoms with van der Waals surface area (Å²) in [7, 11) is 0. The smallest absolute Gasteiger partial charge is 0.225 e. The predicted octanol–water partition coefficient (Wildman–Crippen LogP) is 4.33. The standard InChI is InChI=1S/C16H13ClN2OS/c17-13-4-2-6-15(10-13)21-8-7-16(20)19-14-5-1-3-12(9-14)11-18/h1-6,9-10H,7-8H2,(H,19,20). The molecule has 0 fully saturated rings. The molecule has 0 atom stereocenters. The van der Waals surface area contributed by atoms with Crippen molar-refractivity contribution in [3.8, 4) is 6.07 Å². The van der Waals surface area contributed by atoms with Crippen LogP contribution in [0.25, 0.3) is 0 Å². The van der Waals surface area contributed by atoms with Gasteiger partial charge in [-0.15, -0.1) is 11.8 Å². The fourth-order valence-corrected chi connectivity index (χ4v) is 2.87. The summed E-state index contributed by atoms with van der Waals surface area (Å²) < 4.78 is 0. The first kappa shape index (κ1) is 15.4. The van der Waals surface area contributed by atoms with Crippen molar-refractivity contribution in [3.63, 3.8) is 0 Å². The van der Waals surface area contributed by atoms with E-state index in [2.05, 4.69) is 5.32 Å². The topological polar surface area (TPSA) is 52.9 Å². The number of hydrogen-bond donors (Lipinski definition) is 1. The molecule has 2 aromatic carbocycles. The van der Waals surface area contributed by atoms with Gasteiger partial charge in [0.2, 0.25) is 5.91 Å². The highest BCUT2D eigenvalue weighted by molar-refractivity contribution is 7.99. The highest BCUT2D eigenvalue weighted by atomic mass is 35.5. The van der Waals surface area contributed by atoms with E-state index in [1.807, 2.05) is 30.3 Å². The van der Waals surface area contributed by atoms with Crippen molar-refractivity contribution < 1.29 is 4.79 Å². The van der Waals surface area contributed by atoms with E-state index < -0.39 is 0 Å². The average molecular weight is 317 g/mol. The van der Waals surface area contributed by atoms with Crippen molar-refractivity contribution in [1.82, 2.24) is 0 Å². The molecule has 1 N–H and O–H groups in total. The number of halogens is 1. The van der Waals surface area contributed by atoms with Gasteiger partial charge in [-0.05, 0) is 36.4 Å². The Hall–Kier alpha value is -1.96. The number of carbonyl (C=O) groups excluding carboxylic acids is 1. The zero-order valence-corrected chi connectivity index (χ0v) is 12.7. The van der Waals surface area contributed by atoms with Crippen molar-refractivity contribution in [3.05, 3.63) is 59.1 Å². The fraction of sp³-hybridized carbons (Fsp3) is 0.125. The molecule has 21 heavy (non-hydrogen) atoms. The number of anilines is 1. The lowest BCUT2D eigenvalue weighted by molar-refractivity contribution is -0.115. The summed E-state index contributed by atoms with van der Waals surface area (Å²) in [5, 5.41) is 12.3. The maximum absolute atomic E-state index is 11.8. The van der Waals surface area contributed by atoms with Gasteiger partial charge in [-0.25, -0.2) is 0 Å². The summed E-state index contributed by atoms with van der Waals surface area (Å²) in [6, 6.07) is 16.5. The maximum Gasteiger partial charge on any atom is 0.225 e. The highest BCUT2D eigenvalue weighted by Crippen LogP contribution is 2.22. The molecule has 2 aromatic rings. The van der Waals surface area contributed by atoms with E-state index in [0.717, 1.165) is 4.90 Å². The third-order valence-electron chi connectivity index (χ3n) is 2.67. The van der Waals surface area contributed by atoms with Crippen LogP contribution in [0.2, 0.25) is 5.02 Å². The second-order valence-corrected chi connectivity index (χ2v) is 5.90. The van der Waals surface area contributed by atoms with E-state index >= 15 is 0 Å². The number of nitriles is 1. The number of amides is 1. The first-order valence-electron chi connectivity index (χ1n) is 6.36. The van der Waals surface area contributed by atoms with Crippen LogP contribution in [0.3, 0.4) is 0 Å². The number of nitrogens with one attached hydrogen (secondary N) is 1. The van der Waals surface area contributed by atoms with Crippen LogP contribution in [0, 0.1) is 11.3 Å². The van der Waals surface area contributed by atoms with Crippen LogP contribution in [0.15, 0.2) is 53.4 Å². The molecule has 2 rings (SSSR count). The monoisotopic (exact) mass is 316 g/mol. The van der Waals surface area contributed by atoms with Gasteiger partial charge in [0, 0.05) is 27.8 Å². The summed E-state index contributed by atoms with van der Waals surface area (Å²) in [5.74, 6) is 0.601. The predicted molar refractivity (Wildman–Crippen MR) is 86.6 cm³/mol. The second kappa shape index (κ2) is 7.72. The van der Waals surface area contributed by atoms with E-state index in [9.17, 15) is 4.79 Å². The van der Waals surface area contributed by atoms with Crippen molar-refractivity contribution in [2.24, 2.45) is 0 Å². The minimum Gasteiger partial charge on any atom is -0.326 e. The quantitative estimate of drug-likeness (QED) is 0.835. The Morgan fingerprint density at radius 2 is 2.05 bits per heavy atom. The van der Waals surface area contributed by atoms with Crippen LogP contribution in [-0.4, -0.2) is 11.7 Å². The molecule has 0 saturated heterocycles. The van der Waals surface area contributed by atoms with Crippen LogP contribution in [0.1, 0.15) is 12.0 Å². The minimum atomic E-state index is -0.0698. The van der Waals surface area contributed by atoms with Gasteiger partial charge in [0.25, 0.3) is 0 Å². The molecule has 1 amide bonds. The van der Waals surface area contributed by atoms with Crippen LogP contribution in [-0.2, 0) is 4.79 Å². The molecule has 106 valence electrons. The largest absolute Gasteiger partial charge is 0.326 e. The molecule has 0 radical (unpaired) electrons. The molecule has 0 bridgehead atoms. The lowest BCUT2D eigenvalue weighted by atomic mass is 10.2. The lowest BCUT2D eigenvalue weighted by Gasteiger charge is -2.05. The summed E-state index contributed by atoms with van der Waals surface area (Å²) in [6.45, 7) is 0. The Morgan fingerprint density at radius 1 is 1.24 bits per heavy atom. The molecule has 5 heteroatoms. The molecule has 0 saturated carbocycles. The summed E-state index contributed by atoms with van der Waals surface area (Å²) in [6.07, 6.45) is 0.397. The highest BCUT2D eigenvalue weighted by Gasteiger charge is 2.04. The van der Waals surface area contributed by atoms with E-state index in [1.165, 1.54) is 0 Å². The van der Waals surface area contributed by atoms with Gasteiger partial charge >= 0.3 is 0 Å². The number of rotatable bonds is 5. The Kier molecular flexibility index (Phi) is 5.68. The third kappa shape index (κ3) is 5.14. The number of carbonyl (C=O) groups is 1. The Morgan fingerprint density at radius 3 is 2.81 bits per heavy atom. The second-order valence-electron chi connectivity index (χ2n) is 4.30. The van der Waals surface area contributed by atoms with Gasteiger partial charge in [-0.3, -0.25) is 4.79 Å². The number of thioether (sulfide) groups is 1. The normalized spacial score (nSPS) is 9.90. The number of benzene rings is 2. The van der Waals surface area contributed by atoms with Crippen LogP contribution in [0.5, 0.6) is 0 Å². The molecule has 0 spiro atoms. The van der Waals surface area contributed by atoms with Crippen LogP contribution >= 0.6 is 23.4 Å².